The number of sulfone groups is 1. The SMILES string of the molecule is COc1c(Nc2cc(C)[nH]n2)nc(Sc2ccc(S(=O)(=O)C(C)(C)c3ncc[nH]3)cc2)nc1N1CCN(CCN(C)C)CC1. The summed E-state index contributed by atoms with van der Waals surface area (Å²) >= 11 is 1.35. The Hall–Kier alpha value is -3.66. The van der Waals surface area contributed by atoms with Gasteiger partial charge >= 0.3 is 0 Å². The lowest BCUT2D eigenvalue weighted by Gasteiger charge is -2.36. The van der Waals surface area contributed by atoms with Gasteiger partial charge in [0.25, 0.3) is 0 Å². The van der Waals surface area contributed by atoms with Gasteiger partial charge in [0.1, 0.15) is 10.6 Å². The second-order valence-corrected chi connectivity index (χ2v) is 15.0. The number of aromatic nitrogens is 6. The van der Waals surface area contributed by atoms with E-state index in [1.165, 1.54) is 11.8 Å². The largest absolute Gasteiger partial charge is 0.490 e. The van der Waals surface area contributed by atoms with Crippen LogP contribution in [-0.4, -0.2) is 109 Å². The molecule has 0 amide bonds. The number of aromatic amines is 2. The molecule has 1 fully saturated rings. The van der Waals surface area contributed by atoms with E-state index in [1.807, 2.05) is 13.0 Å². The Morgan fingerprint density at radius 1 is 1.11 bits per heavy atom. The fourth-order valence-corrected chi connectivity index (χ4v) is 7.09. The van der Waals surface area contributed by atoms with Gasteiger partial charge in [0, 0.05) is 68.3 Å². The van der Waals surface area contributed by atoms with Gasteiger partial charge in [-0.1, -0.05) is 0 Å². The van der Waals surface area contributed by atoms with Crippen molar-refractivity contribution in [2.75, 3.05) is 70.7 Å². The molecular formula is C29H40N10O3S2. The maximum Gasteiger partial charge on any atom is 0.204 e. The number of hydrogen-bond acceptors (Lipinski definition) is 12. The lowest BCUT2D eigenvalue weighted by molar-refractivity contribution is 0.228. The number of likely N-dealkylation sites (N-methyl/N-ethyl adjacent to an activating group) is 1. The minimum atomic E-state index is -3.72. The number of hydrogen-bond donors (Lipinski definition) is 3. The van der Waals surface area contributed by atoms with Crippen molar-refractivity contribution in [3.05, 3.63) is 54.2 Å². The molecule has 0 saturated carbocycles. The molecule has 1 aromatic carbocycles. The zero-order valence-electron chi connectivity index (χ0n) is 26.0. The van der Waals surface area contributed by atoms with Crippen molar-refractivity contribution < 1.29 is 13.2 Å². The molecule has 13 nitrogen and oxygen atoms in total. The molecule has 0 spiro atoms. The van der Waals surface area contributed by atoms with Gasteiger partial charge in [-0.2, -0.15) is 5.10 Å². The molecule has 0 radical (unpaired) electrons. The molecule has 4 aromatic rings. The normalized spacial score (nSPS) is 14.8. The van der Waals surface area contributed by atoms with E-state index in [1.54, 1.807) is 57.6 Å². The molecule has 0 bridgehead atoms. The number of ether oxygens (including phenoxy) is 1. The molecule has 5 rings (SSSR count). The Labute approximate surface area is 262 Å². The highest BCUT2D eigenvalue weighted by Crippen LogP contribution is 2.39. The average molecular weight is 641 g/mol. The lowest BCUT2D eigenvalue weighted by Crippen LogP contribution is -2.48. The van der Waals surface area contributed by atoms with Crippen LogP contribution in [0.25, 0.3) is 0 Å². The number of H-pyrrole nitrogens is 2. The number of imidazole rings is 1. The van der Waals surface area contributed by atoms with Crippen LogP contribution < -0.4 is 15.0 Å². The van der Waals surface area contributed by atoms with Gasteiger partial charge in [-0.15, -0.1) is 0 Å². The highest BCUT2D eigenvalue weighted by atomic mass is 32.2. The number of nitrogens with one attached hydrogen (secondary N) is 3. The Kier molecular flexibility index (Phi) is 9.48. The summed E-state index contributed by atoms with van der Waals surface area (Å²) in [6.45, 7) is 10.7. The molecular weight excluding hydrogens is 601 g/mol. The van der Waals surface area contributed by atoms with Crippen LogP contribution in [0.2, 0.25) is 0 Å². The smallest absolute Gasteiger partial charge is 0.204 e. The fraction of sp³-hybridized carbons (Fsp3) is 0.448. The van der Waals surface area contributed by atoms with Crippen molar-refractivity contribution in [2.45, 2.75) is 40.5 Å². The van der Waals surface area contributed by atoms with Crippen molar-refractivity contribution in [1.82, 2.24) is 39.9 Å². The van der Waals surface area contributed by atoms with Crippen LogP contribution in [0.4, 0.5) is 17.5 Å². The third-order valence-electron chi connectivity index (χ3n) is 7.60. The van der Waals surface area contributed by atoms with Crippen molar-refractivity contribution in [3.63, 3.8) is 0 Å². The summed E-state index contributed by atoms with van der Waals surface area (Å²) in [5, 5.41) is 11.0. The van der Waals surface area contributed by atoms with Crippen molar-refractivity contribution in [1.29, 1.82) is 0 Å². The van der Waals surface area contributed by atoms with Gasteiger partial charge in [-0.25, -0.2) is 23.4 Å². The summed E-state index contributed by atoms with van der Waals surface area (Å²) in [7, 11) is 2.08. The third-order valence-corrected chi connectivity index (χ3v) is 10.9. The summed E-state index contributed by atoms with van der Waals surface area (Å²) in [5.74, 6) is 2.75. The van der Waals surface area contributed by atoms with E-state index in [9.17, 15) is 8.42 Å². The molecule has 0 unspecified atom stereocenters. The Bertz CT molecular complexity index is 1650. The molecule has 1 saturated heterocycles. The Morgan fingerprint density at radius 3 is 2.43 bits per heavy atom. The van der Waals surface area contributed by atoms with Crippen molar-refractivity contribution in [3.8, 4) is 5.75 Å². The number of rotatable bonds is 12. The molecule has 4 heterocycles. The summed E-state index contributed by atoms with van der Waals surface area (Å²) < 4.78 is 31.6. The first-order valence-electron chi connectivity index (χ1n) is 14.4. The van der Waals surface area contributed by atoms with E-state index < -0.39 is 14.6 Å². The third kappa shape index (κ3) is 6.85. The van der Waals surface area contributed by atoms with Crippen LogP contribution in [0.5, 0.6) is 5.75 Å². The van der Waals surface area contributed by atoms with Crippen LogP contribution >= 0.6 is 11.8 Å². The highest BCUT2D eigenvalue weighted by Gasteiger charge is 2.39. The number of methoxy groups -OCH3 is 1. The van der Waals surface area contributed by atoms with E-state index in [2.05, 4.69) is 54.3 Å². The molecule has 0 atom stereocenters. The van der Waals surface area contributed by atoms with E-state index in [0.29, 0.717) is 34.2 Å². The van der Waals surface area contributed by atoms with Gasteiger partial charge in [-0.3, -0.25) is 10.00 Å². The summed E-state index contributed by atoms with van der Waals surface area (Å²) in [4.78, 5) is 24.7. The second kappa shape index (κ2) is 13.1. The van der Waals surface area contributed by atoms with Gasteiger partial charge in [0.15, 0.2) is 32.4 Å². The van der Waals surface area contributed by atoms with Crippen LogP contribution in [-0.2, 0) is 14.6 Å². The van der Waals surface area contributed by atoms with E-state index in [0.717, 1.165) is 49.9 Å². The molecule has 15 heteroatoms. The lowest BCUT2D eigenvalue weighted by atomic mass is 10.2. The number of benzene rings is 1. The number of nitrogens with zero attached hydrogens (tertiary/aromatic N) is 7. The van der Waals surface area contributed by atoms with E-state index in [4.69, 9.17) is 14.7 Å². The number of piperazine rings is 1. The van der Waals surface area contributed by atoms with Crippen LogP contribution in [0.3, 0.4) is 0 Å². The minimum Gasteiger partial charge on any atom is -0.490 e. The molecule has 3 N–H and O–H groups in total. The molecule has 236 valence electrons. The standard InChI is InChI=1S/C29H40N10O3S2/c1-20-19-23(36-35-20)32-25-24(42-6)26(39-17-15-38(16-18-39)14-13-37(4)5)34-28(33-25)43-21-7-9-22(10-8-21)44(40,41)29(2,3)27-30-11-12-31-27/h7-12,19H,13-18H2,1-6H3,(H,30,31)(H2,32,33,34,35,36). The zero-order valence-corrected chi connectivity index (χ0v) is 27.6. The van der Waals surface area contributed by atoms with Gasteiger partial charge in [0.05, 0.1) is 12.0 Å². The Morgan fingerprint density at radius 2 is 1.84 bits per heavy atom. The van der Waals surface area contributed by atoms with Crippen LogP contribution in [0, 0.1) is 6.92 Å². The molecule has 1 aliphatic rings. The molecule has 3 aromatic heterocycles. The van der Waals surface area contributed by atoms with Crippen molar-refractivity contribution in [2.24, 2.45) is 0 Å². The summed E-state index contributed by atoms with van der Waals surface area (Å²) in [5.41, 5.74) is 0.912. The fourth-order valence-electron chi connectivity index (χ4n) is 4.89. The average Bonchev–Trinajstić information content (AvgIpc) is 3.69. The van der Waals surface area contributed by atoms with E-state index >= 15 is 0 Å². The van der Waals surface area contributed by atoms with Crippen molar-refractivity contribution >= 4 is 39.1 Å². The maximum absolute atomic E-state index is 13.5. The van der Waals surface area contributed by atoms with Gasteiger partial charge < -0.3 is 24.8 Å². The van der Waals surface area contributed by atoms with Crippen LogP contribution in [0.15, 0.2) is 57.7 Å². The van der Waals surface area contributed by atoms with E-state index in [-0.39, 0.29) is 4.90 Å². The zero-order chi connectivity index (χ0) is 31.5. The molecule has 0 aliphatic carbocycles. The quantitative estimate of drug-likeness (QED) is 0.195. The predicted octanol–water partition coefficient (Wildman–Crippen LogP) is 3.53. The number of aryl methyl sites for hydroxylation is 1. The maximum atomic E-state index is 13.5. The molecule has 44 heavy (non-hydrogen) atoms. The summed E-state index contributed by atoms with van der Waals surface area (Å²) in [6, 6.07) is 8.67. The second-order valence-electron chi connectivity index (χ2n) is 11.4. The minimum absolute atomic E-state index is 0.211. The highest BCUT2D eigenvalue weighted by molar-refractivity contribution is 7.99. The molecule has 1 aliphatic heterocycles. The predicted molar refractivity (Wildman–Crippen MR) is 172 cm³/mol. The monoisotopic (exact) mass is 640 g/mol. The Balaban J connectivity index is 1.42. The first-order valence-corrected chi connectivity index (χ1v) is 16.7. The van der Waals surface area contributed by atoms with Gasteiger partial charge in [-0.05, 0) is 70.9 Å². The van der Waals surface area contributed by atoms with Gasteiger partial charge in [0.2, 0.25) is 5.75 Å². The number of anilines is 3. The topological polar surface area (TPSA) is 148 Å². The first kappa shape index (κ1) is 31.8. The summed E-state index contributed by atoms with van der Waals surface area (Å²) in [6.07, 6.45) is 3.17. The van der Waals surface area contributed by atoms with Crippen LogP contribution in [0.1, 0.15) is 25.4 Å². The first-order chi connectivity index (χ1) is 21.0.